The molecule has 162 valence electrons. The zero-order chi connectivity index (χ0) is 22.7. The van der Waals surface area contributed by atoms with Crippen molar-refractivity contribution in [1.82, 2.24) is 4.57 Å². The van der Waals surface area contributed by atoms with Gasteiger partial charge in [-0.2, -0.15) is 0 Å². The Kier molecular flexibility index (Phi) is 6.74. The number of halogens is 1. The van der Waals surface area contributed by atoms with Crippen LogP contribution in [0.4, 0.5) is 4.39 Å². The number of rotatable bonds is 7. The van der Waals surface area contributed by atoms with Crippen LogP contribution in [0, 0.1) is 40.4 Å². The number of esters is 1. The lowest BCUT2D eigenvalue weighted by atomic mass is 10.00. The zero-order valence-electron chi connectivity index (χ0n) is 18.7. The number of ether oxygens (including phenoxy) is 1. The number of aromatic nitrogens is 1. The van der Waals surface area contributed by atoms with Crippen molar-refractivity contribution in [1.29, 1.82) is 0 Å². The minimum Gasteiger partial charge on any atom is -0.454 e. The third-order valence-electron chi connectivity index (χ3n) is 5.63. The molecule has 0 fully saturated rings. The van der Waals surface area contributed by atoms with Gasteiger partial charge in [0.15, 0.2) is 6.61 Å². The molecule has 0 radical (unpaired) electrons. The van der Waals surface area contributed by atoms with Crippen LogP contribution in [0.5, 0.6) is 0 Å². The normalized spacial score (nSPS) is 10.9. The van der Waals surface area contributed by atoms with E-state index in [0.29, 0.717) is 17.7 Å². The van der Waals surface area contributed by atoms with E-state index in [1.807, 2.05) is 52.8 Å². The van der Waals surface area contributed by atoms with Crippen molar-refractivity contribution in [3.63, 3.8) is 0 Å². The molecule has 1 heterocycles. The van der Waals surface area contributed by atoms with Crippen LogP contribution in [0.3, 0.4) is 0 Å². The Hall–Kier alpha value is -3.21. The summed E-state index contributed by atoms with van der Waals surface area (Å²) in [6.45, 7) is 9.93. The number of hydrogen-bond donors (Lipinski definition) is 0. The van der Waals surface area contributed by atoms with Crippen LogP contribution >= 0.6 is 0 Å². The van der Waals surface area contributed by atoms with E-state index in [1.165, 1.54) is 12.1 Å². The molecule has 0 saturated carbocycles. The Labute approximate surface area is 182 Å². The topological polar surface area (TPSA) is 48.3 Å². The number of carbonyl (C=O) groups excluding carboxylic acids is 2. The third kappa shape index (κ3) is 5.10. The molecular weight excluding hydrogens is 393 g/mol. The molecule has 0 atom stereocenters. The molecule has 0 aliphatic carbocycles. The summed E-state index contributed by atoms with van der Waals surface area (Å²) < 4.78 is 20.5. The summed E-state index contributed by atoms with van der Waals surface area (Å²) >= 11 is 0. The van der Waals surface area contributed by atoms with Crippen LogP contribution in [0.1, 0.15) is 54.4 Å². The molecule has 0 spiro atoms. The SMILES string of the molecule is Cc1cc(C)c(C(=O)OCC(=O)c2cc(C)n(CCc3ccc(F)cc3)c2C)c(C)c1. The summed E-state index contributed by atoms with van der Waals surface area (Å²) in [5, 5.41) is 0. The van der Waals surface area contributed by atoms with Crippen molar-refractivity contribution in [2.45, 2.75) is 47.6 Å². The van der Waals surface area contributed by atoms with Gasteiger partial charge in [0.1, 0.15) is 5.82 Å². The molecule has 0 bridgehead atoms. The van der Waals surface area contributed by atoms with Crippen molar-refractivity contribution >= 4 is 11.8 Å². The standard InChI is InChI=1S/C26H28FNO3/c1-16-12-17(2)25(18(3)13-16)26(30)31-15-24(29)23-14-19(4)28(20(23)5)11-10-21-6-8-22(27)9-7-21/h6-9,12-14H,10-11,15H2,1-5H3. The molecule has 0 N–H and O–H groups in total. The molecule has 0 unspecified atom stereocenters. The van der Waals surface area contributed by atoms with Crippen molar-refractivity contribution in [2.75, 3.05) is 6.61 Å². The van der Waals surface area contributed by atoms with Crippen LogP contribution in [0.15, 0.2) is 42.5 Å². The first kappa shape index (κ1) is 22.5. The number of ketones is 1. The van der Waals surface area contributed by atoms with Gasteiger partial charge in [0.25, 0.3) is 0 Å². The van der Waals surface area contributed by atoms with Gasteiger partial charge < -0.3 is 9.30 Å². The van der Waals surface area contributed by atoms with Crippen molar-refractivity contribution in [3.05, 3.63) is 93.1 Å². The highest BCUT2D eigenvalue weighted by atomic mass is 19.1. The molecule has 3 rings (SSSR count). The second-order valence-electron chi connectivity index (χ2n) is 8.09. The molecule has 5 heteroatoms. The first-order valence-electron chi connectivity index (χ1n) is 10.4. The van der Waals surface area contributed by atoms with Gasteiger partial charge in [-0.15, -0.1) is 0 Å². The van der Waals surface area contributed by atoms with Gasteiger partial charge in [0.05, 0.1) is 5.56 Å². The van der Waals surface area contributed by atoms with E-state index in [2.05, 4.69) is 4.57 Å². The van der Waals surface area contributed by atoms with Gasteiger partial charge >= 0.3 is 5.97 Å². The lowest BCUT2D eigenvalue weighted by molar-refractivity contribution is 0.0473. The number of hydrogen-bond acceptors (Lipinski definition) is 3. The lowest BCUT2D eigenvalue weighted by Crippen LogP contribution is -2.17. The molecule has 0 aliphatic rings. The minimum absolute atomic E-state index is 0.225. The molecule has 1 aromatic heterocycles. The first-order chi connectivity index (χ1) is 14.7. The predicted octanol–water partition coefficient (Wildman–Crippen LogP) is 5.45. The number of Topliss-reactive ketones (excluding diaryl/α,β-unsaturated/α-hetero) is 1. The number of aryl methyl sites for hydroxylation is 5. The average molecular weight is 422 g/mol. The zero-order valence-corrected chi connectivity index (χ0v) is 18.7. The van der Waals surface area contributed by atoms with E-state index in [1.54, 1.807) is 12.1 Å². The maximum atomic E-state index is 13.1. The molecule has 31 heavy (non-hydrogen) atoms. The van der Waals surface area contributed by atoms with Crippen molar-refractivity contribution in [3.8, 4) is 0 Å². The summed E-state index contributed by atoms with van der Waals surface area (Å²) in [4.78, 5) is 25.3. The van der Waals surface area contributed by atoms with Gasteiger partial charge in [-0.1, -0.05) is 29.8 Å². The Bertz CT molecular complexity index is 1100. The third-order valence-corrected chi connectivity index (χ3v) is 5.63. The fraction of sp³-hybridized carbons (Fsp3) is 0.308. The fourth-order valence-corrected chi connectivity index (χ4v) is 4.10. The van der Waals surface area contributed by atoms with E-state index in [-0.39, 0.29) is 18.2 Å². The molecule has 0 amide bonds. The van der Waals surface area contributed by atoms with E-state index in [9.17, 15) is 14.0 Å². The Morgan fingerprint density at radius 3 is 2.16 bits per heavy atom. The Morgan fingerprint density at radius 2 is 1.55 bits per heavy atom. The molecule has 4 nitrogen and oxygen atoms in total. The first-order valence-corrected chi connectivity index (χ1v) is 10.4. The number of carbonyl (C=O) groups is 2. The number of nitrogens with zero attached hydrogens (tertiary/aromatic N) is 1. The Balaban J connectivity index is 1.67. The molecule has 2 aromatic carbocycles. The smallest absolute Gasteiger partial charge is 0.339 e. The average Bonchev–Trinajstić information content (AvgIpc) is 2.98. The maximum absolute atomic E-state index is 13.1. The van der Waals surface area contributed by atoms with Crippen LogP contribution in [-0.4, -0.2) is 22.9 Å². The highest BCUT2D eigenvalue weighted by Gasteiger charge is 2.19. The van der Waals surface area contributed by atoms with E-state index in [4.69, 9.17) is 4.74 Å². The highest BCUT2D eigenvalue weighted by Crippen LogP contribution is 2.20. The largest absolute Gasteiger partial charge is 0.454 e. The summed E-state index contributed by atoms with van der Waals surface area (Å²) in [6.07, 6.45) is 0.727. The van der Waals surface area contributed by atoms with Gasteiger partial charge in [0, 0.05) is 23.5 Å². The van der Waals surface area contributed by atoms with E-state index in [0.717, 1.165) is 40.1 Å². The molecular formula is C26H28FNO3. The second-order valence-corrected chi connectivity index (χ2v) is 8.09. The fourth-order valence-electron chi connectivity index (χ4n) is 4.10. The van der Waals surface area contributed by atoms with Crippen LogP contribution in [0.25, 0.3) is 0 Å². The number of benzene rings is 2. The monoisotopic (exact) mass is 421 g/mol. The van der Waals surface area contributed by atoms with E-state index >= 15 is 0 Å². The van der Waals surface area contributed by atoms with Gasteiger partial charge in [-0.25, -0.2) is 9.18 Å². The van der Waals surface area contributed by atoms with Crippen LogP contribution in [-0.2, 0) is 17.7 Å². The Morgan fingerprint density at radius 1 is 0.935 bits per heavy atom. The van der Waals surface area contributed by atoms with Crippen LogP contribution < -0.4 is 0 Å². The van der Waals surface area contributed by atoms with Gasteiger partial charge in [-0.3, -0.25) is 4.79 Å². The second kappa shape index (κ2) is 9.29. The van der Waals surface area contributed by atoms with Gasteiger partial charge in [0.2, 0.25) is 5.78 Å². The molecule has 0 aliphatic heterocycles. The predicted molar refractivity (Wildman–Crippen MR) is 119 cm³/mol. The molecule has 3 aromatic rings. The van der Waals surface area contributed by atoms with Crippen LogP contribution in [0.2, 0.25) is 0 Å². The summed E-state index contributed by atoms with van der Waals surface area (Å²) in [5.74, 6) is -0.958. The maximum Gasteiger partial charge on any atom is 0.339 e. The quantitative estimate of drug-likeness (QED) is 0.376. The highest BCUT2D eigenvalue weighted by molar-refractivity contribution is 6.01. The van der Waals surface area contributed by atoms with Gasteiger partial charge in [-0.05, 0) is 75.9 Å². The minimum atomic E-state index is -0.478. The summed E-state index contributed by atoms with van der Waals surface area (Å²) in [7, 11) is 0. The lowest BCUT2D eigenvalue weighted by Gasteiger charge is -2.11. The van der Waals surface area contributed by atoms with E-state index < -0.39 is 5.97 Å². The van der Waals surface area contributed by atoms with Crippen molar-refractivity contribution < 1.29 is 18.7 Å². The summed E-state index contributed by atoms with van der Waals surface area (Å²) in [6, 6.07) is 12.1. The summed E-state index contributed by atoms with van der Waals surface area (Å²) in [5.41, 5.74) is 6.66. The molecule has 0 saturated heterocycles. The van der Waals surface area contributed by atoms with Crippen molar-refractivity contribution in [2.24, 2.45) is 0 Å².